The molecule has 0 aliphatic carbocycles. The van der Waals surface area contributed by atoms with E-state index in [0.29, 0.717) is 0 Å². The van der Waals surface area contributed by atoms with Crippen molar-refractivity contribution in [3.05, 3.63) is 36.4 Å². The van der Waals surface area contributed by atoms with Crippen LogP contribution in [-0.2, 0) is 32.0 Å². The van der Waals surface area contributed by atoms with Crippen LogP contribution in [0.25, 0.3) is 11.2 Å². The quantitative estimate of drug-likeness (QED) is 0.0689. The summed E-state index contributed by atoms with van der Waals surface area (Å²) in [4.78, 5) is 45.6. The number of hydrogen-bond donors (Lipinski definition) is 8. The van der Waals surface area contributed by atoms with Gasteiger partial charge in [-0.15, -0.1) is 0 Å². The number of fused-ring (bicyclic) bond motifs is 1. The standard InChI is InChI=1S/C23H32N8O14P2/c1-29(2)23-28-13-18(24)26-9-27-20(13)31(23)22-17(35)15(33)12(44-22)8-42-47(39,40)45-46(37,38)41-7-11-14(32)16(34)21(43-11)30-5-3-4-10(6-30)19(25)36/h3-6,9,11-12,14-17,21-22,32-35H,7-8H2,1-2H3,(H5-,24,25,26,27,36,37,38,39,40)/p+1. The Labute approximate surface area is 264 Å². The number of aromatic nitrogens is 5. The van der Waals surface area contributed by atoms with Crippen LogP contribution in [0.15, 0.2) is 30.9 Å². The van der Waals surface area contributed by atoms with Crippen LogP contribution in [0.2, 0.25) is 0 Å². The molecule has 0 aromatic carbocycles. The highest BCUT2D eigenvalue weighted by atomic mass is 31.3. The lowest BCUT2D eigenvalue weighted by Crippen LogP contribution is -2.46. The third kappa shape index (κ3) is 7.29. The number of phosphoric ester groups is 2. The van der Waals surface area contributed by atoms with Gasteiger partial charge in [0.15, 0.2) is 41.7 Å². The first-order valence-electron chi connectivity index (χ1n) is 13.6. The van der Waals surface area contributed by atoms with Gasteiger partial charge in [-0.2, -0.15) is 8.88 Å². The molecule has 24 heteroatoms. The molecule has 258 valence electrons. The van der Waals surface area contributed by atoms with Crippen LogP contribution in [0, 0.1) is 0 Å². The molecule has 1 amide bonds. The smallest absolute Gasteiger partial charge is 0.387 e. The normalized spacial score (nSPS) is 30.3. The molecule has 2 aliphatic rings. The van der Waals surface area contributed by atoms with Gasteiger partial charge in [-0.3, -0.25) is 18.4 Å². The van der Waals surface area contributed by atoms with Gasteiger partial charge in [-0.05, 0) is 6.07 Å². The van der Waals surface area contributed by atoms with E-state index in [1.807, 2.05) is 0 Å². The second kappa shape index (κ2) is 13.4. The molecule has 2 aliphatic heterocycles. The maximum absolute atomic E-state index is 12.6. The Morgan fingerprint density at radius 2 is 1.64 bits per heavy atom. The van der Waals surface area contributed by atoms with Gasteiger partial charge in [-0.25, -0.2) is 24.1 Å². The third-order valence-electron chi connectivity index (χ3n) is 7.23. The van der Waals surface area contributed by atoms with Gasteiger partial charge in [0.05, 0.1) is 13.2 Å². The monoisotopic (exact) mass is 707 g/mol. The molecule has 5 rings (SSSR count). The van der Waals surface area contributed by atoms with Gasteiger partial charge < -0.3 is 56.1 Å². The lowest BCUT2D eigenvalue weighted by atomic mass is 10.1. The summed E-state index contributed by atoms with van der Waals surface area (Å²) in [5, 5.41) is 42.2. The van der Waals surface area contributed by atoms with E-state index in [9.17, 15) is 44.1 Å². The van der Waals surface area contributed by atoms with E-state index in [4.69, 9.17) is 30.0 Å². The van der Waals surface area contributed by atoms with Crippen molar-refractivity contribution in [2.75, 3.05) is 37.9 Å². The van der Waals surface area contributed by atoms with Crippen molar-refractivity contribution < 1.29 is 71.5 Å². The number of phosphoric acid groups is 2. The summed E-state index contributed by atoms with van der Waals surface area (Å²) in [6.45, 7) is -1.82. The summed E-state index contributed by atoms with van der Waals surface area (Å²) >= 11 is 0. The summed E-state index contributed by atoms with van der Waals surface area (Å²) in [5.41, 5.74) is 11.6. The van der Waals surface area contributed by atoms with E-state index < -0.39 is 83.8 Å². The predicted octanol–water partition coefficient (Wildman–Crippen LogP) is -2.95. The number of anilines is 2. The second-order valence-corrected chi connectivity index (χ2v) is 13.8. The molecular formula is C23H33N8O14P2+. The number of imidazole rings is 1. The fourth-order valence-corrected chi connectivity index (χ4v) is 7.06. The Bertz CT molecular complexity index is 1730. The van der Waals surface area contributed by atoms with Crippen LogP contribution < -0.4 is 20.9 Å². The number of pyridine rings is 1. The minimum Gasteiger partial charge on any atom is -0.387 e. The number of nitrogens with two attached hydrogens (primary N) is 2. The molecule has 3 aromatic heterocycles. The molecule has 0 bridgehead atoms. The fraction of sp³-hybridized carbons (Fsp3) is 0.522. The molecular weight excluding hydrogens is 674 g/mol. The molecule has 0 spiro atoms. The number of aliphatic hydroxyl groups excluding tert-OH is 4. The zero-order valence-electron chi connectivity index (χ0n) is 24.6. The van der Waals surface area contributed by atoms with E-state index in [0.717, 1.165) is 6.33 Å². The number of nitrogens with zero attached hydrogens (tertiary/aromatic N) is 6. The fourth-order valence-electron chi connectivity index (χ4n) is 4.97. The number of rotatable bonds is 12. The Morgan fingerprint density at radius 1 is 1.02 bits per heavy atom. The molecule has 2 fully saturated rings. The van der Waals surface area contributed by atoms with E-state index in [1.165, 1.54) is 33.7 Å². The first-order valence-corrected chi connectivity index (χ1v) is 16.6. The number of aliphatic hydroxyl groups is 4. The molecule has 5 heterocycles. The van der Waals surface area contributed by atoms with Crippen LogP contribution in [0.1, 0.15) is 22.8 Å². The molecule has 10 N–H and O–H groups in total. The van der Waals surface area contributed by atoms with Crippen molar-refractivity contribution >= 4 is 44.5 Å². The maximum atomic E-state index is 12.6. The Kier molecular flexibility index (Phi) is 9.98. The average molecular weight is 708 g/mol. The lowest BCUT2D eigenvalue weighted by molar-refractivity contribution is -0.765. The topological polar surface area (TPSA) is 322 Å². The first-order chi connectivity index (χ1) is 22.0. The van der Waals surface area contributed by atoms with Gasteiger partial charge >= 0.3 is 15.6 Å². The molecule has 0 radical (unpaired) electrons. The number of carbonyl (C=O) groups is 1. The van der Waals surface area contributed by atoms with Gasteiger partial charge in [-0.1, -0.05) is 0 Å². The number of primary amides is 1. The summed E-state index contributed by atoms with van der Waals surface area (Å²) in [5.74, 6) is -0.512. The van der Waals surface area contributed by atoms with Gasteiger partial charge in [0.1, 0.15) is 42.4 Å². The van der Waals surface area contributed by atoms with Crippen molar-refractivity contribution in [3.8, 4) is 0 Å². The predicted molar refractivity (Wildman–Crippen MR) is 154 cm³/mol. The molecule has 10 unspecified atom stereocenters. The molecule has 2 saturated heterocycles. The van der Waals surface area contributed by atoms with Gasteiger partial charge in [0.25, 0.3) is 12.1 Å². The summed E-state index contributed by atoms with van der Waals surface area (Å²) in [7, 11) is -7.52. The van der Waals surface area contributed by atoms with Crippen LogP contribution >= 0.6 is 15.6 Å². The molecule has 10 atom stereocenters. The lowest BCUT2D eigenvalue weighted by Gasteiger charge is -2.22. The average Bonchev–Trinajstić information content (AvgIpc) is 3.62. The van der Waals surface area contributed by atoms with Crippen LogP contribution in [0.4, 0.5) is 11.8 Å². The number of ether oxygens (including phenoxy) is 2. The van der Waals surface area contributed by atoms with Crippen molar-refractivity contribution in [2.24, 2.45) is 5.73 Å². The van der Waals surface area contributed by atoms with Crippen LogP contribution in [0.3, 0.4) is 0 Å². The van der Waals surface area contributed by atoms with E-state index in [1.54, 1.807) is 19.0 Å². The highest BCUT2D eigenvalue weighted by Gasteiger charge is 2.50. The zero-order valence-corrected chi connectivity index (χ0v) is 26.4. The number of hydrogen-bond acceptors (Lipinski definition) is 17. The SMILES string of the molecule is CN(C)c1nc2c(N)ncnc2n1C1OC(COP(=O)(O)OP(=O)(O)OCC2OC([n+]3cccc(C(N)=O)c3)C(O)C2O)C(O)C1O. The Balaban J connectivity index is 1.19. The molecule has 22 nitrogen and oxygen atoms in total. The van der Waals surface area contributed by atoms with Crippen LogP contribution in [0.5, 0.6) is 0 Å². The zero-order chi connectivity index (χ0) is 34.4. The minimum atomic E-state index is -5.40. The maximum Gasteiger partial charge on any atom is 0.481 e. The van der Waals surface area contributed by atoms with E-state index in [2.05, 4.69) is 19.3 Å². The van der Waals surface area contributed by atoms with Crippen molar-refractivity contribution in [3.63, 3.8) is 0 Å². The molecule has 3 aromatic rings. The van der Waals surface area contributed by atoms with Gasteiger partial charge in [0, 0.05) is 20.2 Å². The summed E-state index contributed by atoms with van der Waals surface area (Å²) < 4.78 is 52.7. The third-order valence-corrected chi connectivity index (χ3v) is 9.83. The minimum absolute atomic E-state index is 0.0395. The van der Waals surface area contributed by atoms with Crippen LogP contribution in [-0.4, -0.2) is 120 Å². The highest BCUT2D eigenvalue weighted by Crippen LogP contribution is 2.60. The number of nitrogen functional groups attached to an aromatic ring is 1. The van der Waals surface area contributed by atoms with E-state index >= 15 is 0 Å². The Hall–Kier alpha value is -3.21. The largest absolute Gasteiger partial charge is 0.481 e. The Morgan fingerprint density at radius 3 is 2.26 bits per heavy atom. The molecule has 0 saturated carbocycles. The van der Waals surface area contributed by atoms with E-state index in [-0.39, 0.29) is 28.5 Å². The van der Waals surface area contributed by atoms with Crippen molar-refractivity contribution in [2.45, 2.75) is 49.1 Å². The second-order valence-electron chi connectivity index (χ2n) is 10.7. The summed E-state index contributed by atoms with van der Waals surface area (Å²) in [6.07, 6.45) is -8.25. The number of amides is 1. The number of carbonyl (C=O) groups excluding carboxylic acids is 1. The summed E-state index contributed by atoms with van der Waals surface area (Å²) in [6, 6.07) is 2.84. The first kappa shape index (κ1) is 35.1. The molecule has 47 heavy (non-hydrogen) atoms. The van der Waals surface area contributed by atoms with Crippen molar-refractivity contribution in [1.82, 2.24) is 19.5 Å². The van der Waals surface area contributed by atoms with Crippen molar-refractivity contribution in [1.29, 1.82) is 0 Å². The van der Waals surface area contributed by atoms with Gasteiger partial charge in [0.2, 0.25) is 5.95 Å². The highest BCUT2D eigenvalue weighted by molar-refractivity contribution is 7.61.